The van der Waals surface area contributed by atoms with Gasteiger partial charge in [0.1, 0.15) is 11.5 Å². The van der Waals surface area contributed by atoms with Gasteiger partial charge < -0.3 is 14.0 Å². The van der Waals surface area contributed by atoms with Gasteiger partial charge >= 0.3 is 0 Å². The van der Waals surface area contributed by atoms with Crippen LogP contribution in [-0.2, 0) is 0 Å². The lowest BCUT2D eigenvalue weighted by Crippen LogP contribution is -2.17. The molecule has 0 aliphatic carbocycles. The van der Waals surface area contributed by atoms with Gasteiger partial charge in [0.25, 0.3) is 11.6 Å². The second kappa shape index (κ2) is 10.8. The maximum Gasteiger partial charge on any atom is 0.271 e. The van der Waals surface area contributed by atoms with E-state index in [0.717, 1.165) is 33.8 Å². The molecule has 188 valence electrons. The fourth-order valence-corrected chi connectivity index (χ4v) is 4.06. The number of non-ortho nitro benzene ring substituents is 1. The van der Waals surface area contributed by atoms with Gasteiger partial charge in [-0.2, -0.15) is 5.10 Å². The van der Waals surface area contributed by atoms with Crippen molar-refractivity contribution < 1.29 is 19.2 Å². The van der Waals surface area contributed by atoms with Gasteiger partial charge in [0.05, 0.1) is 25.4 Å². The molecule has 0 bridgehead atoms. The van der Waals surface area contributed by atoms with E-state index in [4.69, 9.17) is 9.47 Å². The van der Waals surface area contributed by atoms with Crippen molar-refractivity contribution in [2.24, 2.45) is 5.10 Å². The molecule has 9 heteroatoms. The van der Waals surface area contributed by atoms with E-state index in [1.54, 1.807) is 36.5 Å². The van der Waals surface area contributed by atoms with Crippen molar-refractivity contribution in [3.63, 3.8) is 0 Å². The third-order valence-electron chi connectivity index (χ3n) is 5.99. The Morgan fingerprint density at radius 3 is 2.03 bits per heavy atom. The Bertz CT molecular complexity index is 1450. The molecule has 4 rings (SSSR count). The minimum Gasteiger partial charge on any atom is -0.497 e. The van der Waals surface area contributed by atoms with Gasteiger partial charge in [-0.15, -0.1) is 0 Å². The van der Waals surface area contributed by atoms with Crippen LogP contribution in [-0.4, -0.2) is 35.8 Å². The fourth-order valence-electron chi connectivity index (χ4n) is 4.06. The van der Waals surface area contributed by atoms with Crippen LogP contribution in [0.5, 0.6) is 11.5 Å². The highest BCUT2D eigenvalue weighted by Crippen LogP contribution is 2.26. The molecule has 0 aliphatic heterocycles. The van der Waals surface area contributed by atoms with Crippen molar-refractivity contribution in [3.8, 4) is 28.3 Å². The standard InChI is InChI=1S/C28H26N4O5/c1-18-13-23(17-29-30-28(33)22-14-26(36-3)16-27(15-22)37-4)19(2)31(18)24-9-5-20(6-10-24)21-7-11-25(12-8-21)32(34)35/h5-17H,1-4H3,(H,30,33)/b29-17-. The largest absolute Gasteiger partial charge is 0.497 e. The van der Waals surface area contributed by atoms with Crippen LogP contribution in [0.2, 0.25) is 0 Å². The predicted molar refractivity (Wildman–Crippen MR) is 142 cm³/mol. The number of hydrogen-bond donors (Lipinski definition) is 1. The fraction of sp³-hybridized carbons (Fsp3) is 0.143. The van der Waals surface area contributed by atoms with Crippen molar-refractivity contribution in [3.05, 3.63) is 105 Å². The molecule has 1 heterocycles. The minimum atomic E-state index is -0.410. The highest BCUT2D eigenvalue weighted by atomic mass is 16.6. The number of aromatic nitrogens is 1. The first kappa shape index (κ1) is 25.2. The van der Waals surface area contributed by atoms with Gasteiger partial charge in [0, 0.05) is 46.4 Å². The first-order valence-electron chi connectivity index (χ1n) is 11.4. The van der Waals surface area contributed by atoms with Gasteiger partial charge in [-0.1, -0.05) is 12.1 Å². The van der Waals surface area contributed by atoms with E-state index in [1.807, 2.05) is 44.2 Å². The maximum absolute atomic E-state index is 12.6. The molecule has 0 unspecified atom stereocenters. The number of amides is 1. The van der Waals surface area contributed by atoms with E-state index < -0.39 is 4.92 Å². The Kier molecular flexibility index (Phi) is 7.34. The van der Waals surface area contributed by atoms with Crippen molar-refractivity contribution in [1.82, 2.24) is 9.99 Å². The molecule has 0 saturated heterocycles. The lowest BCUT2D eigenvalue weighted by molar-refractivity contribution is -0.384. The molecule has 37 heavy (non-hydrogen) atoms. The summed E-state index contributed by atoms with van der Waals surface area (Å²) < 4.78 is 12.5. The average molecular weight is 499 g/mol. The van der Waals surface area contributed by atoms with Gasteiger partial charge in [-0.25, -0.2) is 5.43 Å². The summed E-state index contributed by atoms with van der Waals surface area (Å²) >= 11 is 0. The first-order valence-corrected chi connectivity index (χ1v) is 11.4. The molecule has 0 saturated carbocycles. The number of methoxy groups -OCH3 is 2. The number of hydrogen-bond acceptors (Lipinski definition) is 6. The lowest BCUT2D eigenvalue weighted by atomic mass is 10.0. The third kappa shape index (κ3) is 5.51. The third-order valence-corrected chi connectivity index (χ3v) is 5.99. The number of nitrogens with zero attached hydrogens (tertiary/aromatic N) is 3. The zero-order chi connectivity index (χ0) is 26.5. The second-order valence-corrected chi connectivity index (χ2v) is 8.31. The van der Waals surface area contributed by atoms with Gasteiger partial charge in [-0.3, -0.25) is 14.9 Å². The molecule has 0 radical (unpaired) electrons. The second-order valence-electron chi connectivity index (χ2n) is 8.31. The summed E-state index contributed by atoms with van der Waals surface area (Å²) in [5.74, 6) is 0.636. The van der Waals surface area contributed by atoms with E-state index >= 15 is 0 Å². The Balaban J connectivity index is 1.50. The van der Waals surface area contributed by atoms with Crippen LogP contribution in [0, 0.1) is 24.0 Å². The van der Waals surface area contributed by atoms with Gasteiger partial charge in [-0.05, 0) is 67.4 Å². The Labute approximate surface area is 214 Å². The lowest BCUT2D eigenvalue weighted by Gasteiger charge is -2.11. The molecular weight excluding hydrogens is 472 g/mol. The number of aryl methyl sites for hydroxylation is 1. The zero-order valence-electron chi connectivity index (χ0n) is 20.9. The molecule has 0 aliphatic rings. The Hall–Kier alpha value is -4.92. The smallest absolute Gasteiger partial charge is 0.271 e. The summed E-state index contributed by atoms with van der Waals surface area (Å²) in [6, 6.07) is 21.3. The minimum absolute atomic E-state index is 0.0626. The molecule has 0 atom stereocenters. The van der Waals surface area contributed by atoms with Crippen molar-refractivity contribution in [2.75, 3.05) is 14.2 Å². The molecular formula is C28H26N4O5. The van der Waals surface area contributed by atoms with Crippen LogP contribution in [0.15, 0.2) is 77.9 Å². The van der Waals surface area contributed by atoms with E-state index in [2.05, 4.69) is 15.1 Å². The highest BCUT2D eigenvalue weighted by molar-refractivity contribution is 5.95. The zero-order valence-corrected chi connectivity index (χ0v) is 20.9. The molecule has 4 aromatic rings. The monoisotopic (exact) mass is 498 g/mol. The normalized spacial score (nSPS) is 10.9. The number of rotatable bonds is 8. The summed E-state index contributed by atoms with van der Waals surface area (Å²) in [6.07, 6.45) is 1.61. The summed E-state index contributed by atoms with van der Waals surface area (Å²) in [4.78, 5) is 23.1. The summed E-state index contributed by atoms with van der Waals surface area (Å²) in [6.45, 7) is 3.98. The summed E-state index contributed by atoms with van der Waals surface area (Å²) in [5, 5.41) is 15.0. The number of nitro groups is 1. The Morgan fingerprint density at radius 2 is 1.49 bits per heavy atom. The molecule has 0 spiro atoms. The van der Waals surface area contributed by atoms with E-state index in [9.17, 15) is 14.9 Å². The van der Waals surface area contributed by atoms with E-state index in [0.29, 0.717) is 17.1 Å². The quantitative estimate of drug-likeness (QED) is 0.197. The average Bonchev–Trinajstić information content (AvgIpc) is 3.20. The van der Waals surface area contributed by atoms with Gasteiger partial charge in [0.2, 0.25) is 0 Å². The van der Waals surface area contributed by atoms with Crippen molar-refractivity contribution >= 4 is 17.8 Å². The van der Waals surface area contributed by atoms with Crippen LogP contribution in [0.4, 0.5) is 5.69 Å². The van der Waals surface area contributed by atoms with Crippen molar-refractivity contribution in [2.45, 2.75) is 13.8 Å². The number of hydrazone groups is 1. The molecule has 1 N–H and O–H groups in total. The molecule has 9 nitrogen and oxygen atoms in total. The van der Waals surface area contributed by atoms with Gasteiger partial charge in [0.15, 0.2) is 0 Å². The van der Waals surface area contributed by atoms with Crippen LogP contribution in [0.25, 0.3) is 16.8 Å². The maximum atomic E-state index is 12.6. The topological polar surface area (TPSA) is 108 Å². The summed E-state index contributed by atoms with van der Waals surface area (Å²) in [7, 11) is 3.04. The van der Waals surface area contributed by atoms with Crippen LogP contribution >= 0.6 is 0 Å². The number of nitro benzene ring substituents is 1. The Morgan fingerprint density at radius 1 is 0.919 bits per heavy atom. The molecule has 0 fully saturated rings. The van der Waals surface area contributed by atoms with Crippen LogP contribution < -0.4 is 14.9 Å². The molecule has 1 aromatic heterocycles. The SMILES string of the molecule is COc1cc(OC)cc(C(=O)N/N=C\c2cc(C)n(-c3ccc(-c4ccc([N+](=O)[O-])cc4)cc3)c2C)c1. The number of carbonyl (C=O) groups excluding carboxylic acids is 1. The number of nitrogens with one attached hydrogen (secondary N) is 1. The highest BCUT2D eigenvalue weighted by Gasteiger charge is 2.12. The van der Waals surface area contributed by atoms with Crippen molar-refractivity contribution in [1.29, 1.82) is 0 Å². The number of carbonyl (C=O) groups is 1. The van der Waals surface area contributed by atoms with E-state index in [-0.39, 0.29) is 11.6 Å². The van der Waals surface area contributed by atoms with E-state index in [1.165, 1.54) is 26.4 Å². The van der Waals surface area contributed by atoms with Crippen LogP contribution in [0.3, 0.4) is 0 Å². The summed E-state index contributed by atoms with van der Waals surface area (Å²) in [5.41, 5.74) is 8.63. The molecule has 1 amide bonds. The predicted octanol–water partition coefficient (Wildman–Crippen LogP) is 5.45. The van der Waals surface area contributed by atoms with Crippen LogP contribution in [0.1, 0.15) is 27.3 Å². The number of ether oxygens (including phenoxy) is 2. The number of benzene rings is 3. The molecule has 3 aromatic carbocycles. The first-order chi connectivity index (χ1) is 17.8.